The third-order valence-corrected chi connectivity index (χ3v) is 8.85. The topological polar surface area (TPSA) is 70.1 Å². The summed E-state index contributed by atoms with van der Waals surface area (Å²) in [7, 11) is 4.89. The number of likely N-dealkylation sites (N-methyl/N-ethyl adjacent to an activating group) is 2. The van der Waals surface area contributed by atoms with Crippen LogP contribution in [-0.4, -0.2) is 38.1 Å². The molecule has 2 spiro atoms. The van der Waals surface area contributed by atoms with Crippen LogP contribution in [0.25, 0.3) is 0 Å². The smallest absolute Gasteiger partial charge is 0.237 e. The van der Waals surface area contributed by atoms with E-state index in [1.165, 1.54) is 24.1 Å². The zero-order valence-corrected chi connectivity index (χ0v) is 21.7. The highest BCUT2D eigenvalue weighted by Gasteiger charge is 2.53. The fourth-order valence-corrected chi connectivity index (χ4v) is 7.05. The van der Waals surface area contributed by atoms with Crippen LogP contribution in [0, 0.1) is 11.6 Å². The second kappa shape index (κ2) is 9.30. The maximum atomic E-state index is 14.5. The number of ether oxygens (including phenoxy) is 1. The molecule has 198 valence electrons. The summed E-state index contributed by atoms with van der Waals surface area (Å²) in [5.74, 6) is -0.419. The van der Waals surface area contributed by atoms with Crippen molar-refractivity contribution in [3.05, 3.63) is 47.0 Å². The third kappa shape index (κ3) is 3.79. The normalized spacial score (nSPS) is 21.1. The van der Waals surface area contributed by atoms with E-state index in [4.69, 9.17) is 4.74 Å². The number of carbonyl (C=O) groups is 2. The van der Waals surface area contributed by atoms with Crippen LogP contribution in [0.2, 0.25) is 0 Å². The zero-order chi connectivity index (χ0) is 26.5. The van der Waals surface area contributed by atoms with Crippen molar-refractivity contribution in [2.24, 2.45) is 0 Å². The molecule has 0 saturated heterocycles. The van der Waals surface area contributed by atoms with Gasteiger partial charge in [-0.3, -0.25) is 9.59 Å². The van der Waals surface area contributed by atoms with Gasteiger partial charge < -0.3 is 19.6 Å². The third-order valence-electron chi connectivity index (χ3n) is 8.85. The Labute approximate surface area is 216 Å². The van der Waals surface area contributed by atoms with Gasteiger partial charge in [-0.2, -0.15) is 0 Å². The number of benzene rings is 2. The van der Waals surface area contributed by atoms with E-state index in [1.807, 2.05) is 0 Å². The van der Waals surface area contributed by atoms with Crippen molar-refractivity contribution in [3.8, 4) is 11.5 Å². The van der Waals surface area contributed by atoms with Crippen LogP contribution in [-0.2, 0) is 20.4 Å². The molecule has 37 heavy (non-hydrogen) atoms. The summed E-state index contributed by atoms with van der Waals surface area (Å²) in [5.41, 5.74) is 0.967. The Kier molecular flexibility index (Phi) is 6.40. The second-order valence-electron chi connectivity index (χ2n) is 10.8. The van der Waals surface area contributed by atoms with Crippen molar-refractivity contribution in [2.45, 2.75) is 75.0 Å². The Morgan fingerprint density at radius 2 is 1.16 bits per heavy atom. The molecule has 2 aromatic rings. The number of amides is 2. The van der Waals surface area contributed by atoms with Gasteiger partial charge >= 0.3 is 0 Å². The van der Waals surface area contributed by atoms with Crippen LogP contribution in [0.3, 0.4) is 0 Å². The van der Waals surface area contributed by atoms with E-state index >= 15 is 0 Å². The second-order valence-corrected chi connectivity index (χ2v) is 10.8. The summed E-state index contributed by atoms with van der Waals surface area (Å²) in [6, 6.07) is 5.75. The predicted octanol–water partition coefficient (Wildman–Crippen LogP) is 5.72. The van der Waals surface area contributed by atoms with Gasteiger partial charge in [-0.05, 0) is 25.7 Å². The van der Waals surface area contributed by atoms with E-state index < -0.39 is 16.6 Å². The monoisotopic (exact) mass is 512 g/mol. The zero-order valence-electron chi connectivity index (χ0n) is 21.7. The number of phenols is 1. The van der Waals surface area contributed by atoms with Crippen LogP contribution in [0.4, 0.5) is 20.2 Å². The Morgan fingerprint density at radius 1 is 0.730 bits per heavy atom. The molecule has 2 heterocycles. The average molecular weight is 513 g/mol. The number of carbonyl (C=O) groups excluding carboxylic acids is 2. The molecule has 0 radical (unpaired) electrons. The standard InChI is InChI=1S/C15H18FNO2.C14H16FNO2/c1-17-12-9-10(19-2)8-11(16)13(12)15(14(17)18)6-4-3-5-7-15;1-16-11-8-9(17)7-10(15)12(11)14(13(16)18)5-3-2-4-6-14/h8-9H,3-7H2,1-2H3;7-8,17H,2-6H2,1H3. The molecule has 2 saturated carbocycles. The van der Waals surface area contributed by atoms with Crippen LogP contribution < -0.4 is 14.5 Å². The lowest BCUT2D eigenvalue weighted by Crippen LogP contribution is -2.40. The summed E-state index contributed by atoms with van der Waals surface area (Å²) in [6.45, 7) is 0. The van der Waals surface area contributed by atoms with Gasteiger partial charge in [-0.15, -0.1) is 0 Å². The summed E-state index contributed by atoms with van der Waals surface area (Å²) < 4.78 is 33.7. The summed E-state index contributed by atoms with van der Waals surface area (Å²) in [6.07, 6.45) is 9.07. The number of fused-ring (bicyclic) bond motifs is 4. The molecule has 2 amide bonds. The average Bonchev–Trinajstić information content (AvgIpc) is 3.22. The molecule has 2 aliphatic carbocycles. The molecule has 2 fully saturated rings. The molecule has 0 atom stereocenters. The number of nitrogens with zero attached hydrogens (tertiary/aromatic N) is 2. The predicted molar refractivity (Wildman–Crippen MR) is 137 cm³/mol. The lowest BCUT2D eigenvalue weighted by Gasteiger charge is -2.32. The first kappa shape index (κ1) is 25.5. The van der Waals surface area contributed by atoms with Crippen molar-refractivity contribution in [1.29, 1.82) is 0 Å². The van der Waals surface area contributed by atoms with E-state index in [9.17, 15) is 23.5 Å². The number of anilines is 2. The van der Waals surface area contributed by atoms with Gasteiger partial charge in [0.2, 0.25) is 11.8 Å². The Morgan fingerprint density at radius 3 is 1.62 bits per heavy atom. The molecule has 6 nitrogen and oxygen atoms in total. The Balaban J connectivity index is 0.000000152. The van der Waals surface area contributed by atoms with Gasteiger partial charge in [0, 0.05) is 49.5 Å². The minimum absolute atomic E-state index is 0.0262. The van der Waals surface area contributed by atoms with E-state index in [2.05, 4.69) is 0 Å². The molecule has 2 aliphatic heterocycles. The first-order chi connectivity index (χ1) is 17.7. The number of hydrogen-bond acceptors (Lipinski definition) is 4. The molecular formula is C29H34F2N2O4. The number of halogens is 2. The first-order valence-corrected chi connectivity index (χ1v) is 13.1. The van der Waals surface area contributed by atoms with Gasteiger partial charge in [0.1, 0.15) is 23.1 Å². The number of rotatable bonds is 1. The maximum absolute atomic E-state index is 14.5. The Hall–Kier alpha value is -3.16. The van der Waals surface area contributed by atoms with Crippen LogP contribution in [0.5, 0.6) is 11.5 Å². The molecule has 2 aromatic carbocycles. The van der Waals surface area contributed by atoms with E-state index in [1.54, 1.807) is 25.1 Å². The highest BCUT2D eigenvalue weighted by Crippen LogP contribution is 2.52. The van der Waals surface area contributed by atoms with Crippen molar-refractivity contribution < 1.29 is 28.2 Å². The highest BCUT2D eigenvalue weighted by atomic mass is 19.1. The molecule has 0 unspecified atom stereocenters. The van der Waals surface area contributed by atoms with E-state index in [0.29, 0.717) is 41.1 Å². The quantitative estimate of drug-likeness (QED) is 0.531. The van der Waals surface area contributed by atoms with Crippen molar-refractivity contribution in [2.75, 3.05) is 31.0 Å². The van der Waals surface area contributed by atoms with Crippen molar-refractivity contribution in [3.63, 3.8) is 0 Å². The fraction of sp³-hybridized carbons (Fsp3) is 0.517. The van der Waals surface area contributed by atoms with E-state index in [-0.39, 0.29) is 23.4 Å². The molecular weight excluding hydrogens is 478 g/mol. The van der Waals surface area contributed by atoms with E-state index in [0.717, 1.165) is 57.4 Å². The number of phenolic OH excluding ortho intramolecular Hbond substituents is 1. The van der Waals surface area contributed by atoms with Crippen LogP contribution >= 0.6 is 0 Å². The highest BCUT2D eigenvalue weighted by molar-refractivity contribution is 6.09. The lowest BCUT2D eigenvalue weighted by molar-refractivity contribution is -0.124. The number of aromatic hydroxyl groups is 1. The van der Waals surface area contributed by atoms with Gasteiger partial charge in [0.15, 0.2) is 0 Å². The molecule has 8 heteroatoms. The number of hydrogen-bond donors (Lipinski definition) is 1. The fourth-order valence-electron chi connectivity index (χ4n) is 7.05. The van der Waals surface area contributed by atoms with Gasteiger partial charge in [-0.1, -0.05) is 38.5 Å². The van der Waals surface area contributed by atoms with Gasteiger partial charge in [0.05, 0.1) is 29.3 Å². The SMILES string of the molecule is CN1C(=O)C2(CCCCC2)c2c(F)cc(O)cc21.COc1cc(F)c2c(c1)N(C)C(=O)C21CCCCC1. The number of methoxy groups -OCH3 is 1. The molecule has 1 N–H and O–H groups in total. The largest absolute Gasteiger partial charge is 0.508 e. The van der Waals surface area contributed by atoms with Crippen LogP contribution in [0.15, 0.2) is 24.3 Å². The summed E-state index contributed by atoms with van der Waals surface area (Å²) in [5, 5.41) is 9.49. The maximum Gasteiger partial charge on any atom is 0.237 e. The molecule has 6 rings (SSSR count). The van der Waals surface area contributed by atoms with Gasteiger partial charge in [-0.25, -0.2) is 8.78 Å². The molecule has 0 bridgehead atoms. The summed E-state index contributed by atoms with van der Waals surface area (Å²) in [4.78, 5) is 28.2. The summed E-state index contributed by atoms with van der Waals surface area (Å²) >= 11 is 0. The van der Waals surface area contributed by atoms with Crippen molar-refractivity contribution in [1.82, 2.24) is 0 Å². The first-order valence-electron chi connectivity index (χ1n) is 13.1. The minimum Gasteiger partial charge on any atom is -0.508 e. The molecule has 4 aliphatic rings. The minimum atomic E-state index is -0.680. The lowest BCUT2D eigenvalue weighted by atomic mass is 9.70. The van der Waals surface area contributed by atoms with Crippen LogP contribution in [0.1, 0.15) is 75.3 Å². The van der Waals surface area contributed by atoms with Crippen molar-refractivity contribution >= 4 is 23.2 Å². The Bertz CT molecular complexity index is 1250. The van der Waals surface area contributed by atoms with Gasteiger partial charge in [0.25, 0.3) is 0 Å². The molecule has 0 aromatic heterocycles.